The first-order valence-electron chi connectivity index (χ1n) is 9.86. The van der Waals surface area contributed by atoms with Crippen molar-refractivity contribution in [2.75, 3.05) is 19.5 Å². The molecule has 2 aromatic carbocycles. The molecule has 0 unspecified atom stereocenters. The highest BCUT2D eigenvalue weighted by atomic mass is 19.1. The zero-order valence-electron chi connectivity index (χ0n) is 17.4. The molecule has 0 spiro atoms. The van der Waals surface area contributed by atoms with Crippen LogP contribution >= 0.6 is 0 Å². The van der Waals surface area contributed by atoms with E-state index >= 15 is 0 Å². The number of aromatic nitrogens is 3. The van der Waals surface area contributed by atoms with Crippen LogP contribution in [0.25, 0.3) is 33.4 Å². The zero-order valence-corrected chi connectivity index (χ0v) is 17.4. The lowest BCUT2D eigenvalue weighted by Crippen LogP contribution is -2.02. The Balaban J connectivity index is 1.93. The smallest absolute Gasteiger partial charge is 0.165 e. The van der Waals surface area contributed by atoms with Gasteiger partial charge in [0.2, 0.25) is 0 Å². The lowest BCUT2D eigenvalue weighted by atomic mass is 9.98. The molecule has 0 aliphatic rings. The molecule has 4 aromatic rings. The fourth-order valence-corrected chi connectivity index (χ4v) is 3.45. The number of ketones is 1. The monoisotopic (exact) mass is 416 g/mol. The van der Waals surface area contributed by atoms with Gasteiger partial charge in [-0.15, -0.1) is 0 Å². The van der Waals surface area contributed by atoms with E-state index < -0.39 is 5.82 Å². The quantitative estimate of drug-likeness (QED) is 0.439. The molecule has 0 atom stereocenters. The van der Waals surface area contributed by atoms with Gasteiger partial charge in [-0.3, -0.25) is 9.78 Å². The van der Waals surface area contributed by atoms with Crippen LogP contribution in [0.15, 0.2) is 54.9 Å². The first kappa shape index (κ1) is 20.4. The number of fused-ring (bicyclic) bond motifs is 1. The summed E-state index contributed by atoms with van der Waals surface area (Å²) in [5.41, 5.74) is 2.97. The maximum atomic E-state index is 14.2. The van der Waals surface area contributed by atoms with Crippen LogP contribution in [0.5, 0.6) is 5.75 Å². The van der Waals surface area contributed by atoms with Gasteiger partial charge in [-0.05, 0) is 47.5 Å². The van der Waals surface area contributed by atoms with Crippen molar-refractivity contribution in [3.63, 3.8) is 0 Å². The molecule has 0 saturated carbocycles. The number of nitrogens with zero attached hydrogens (tertiary/aromatic N) is 3. The minimum absolute atomic E-state index is 0.0797. The lowest BCUT2D eigenvalue weighted by molar-refractivity contribution is 0.0984. The second kappa shape index (κ2) is 8.47. The van der Waals surface area contributed by atoms with E-state index in [1.54, 1.807) is 45.6 Å². The summed E-state index contributed by atoms with van der Waals surface area (Å²) >= 11 is 0. The van der Waals surface area contributed by atoms with Crippen molar-refractivity contribution in [2.24, 2.45) is 0 Å². The number of halogens is 1. The summed E-state index contributed by atoms with van der Waals surface area (Å²) in [6, 6.07) is 12.0. The number of hydrogen-bond donors (Lipinski definition) is 1. The SMILES string of the molecule is CCC(=O)c1cc(-c2cc(OC)c3nc(-c4cccnc4)nc(NC)c3c2)ccc1F. The maximum absolute atomic E-state index is 14.2. The molecule has 0 bridgehead atoms. The van der Waals surface area contributed by atoms with Gasteiger partial charge in [0.05, 0.1) is 12.7 Å². The number of rotatable bonds is 6. The summed E-state index contributed by atoms with van der Waals surface area (Å²) in [6.07, 6.45) is 3.62. The molecule has 2 aromatic heterocycles. The molecule has 7 heteroatoms. The molecule has 6 nitrogen and oxygen atoms in total. The van der Waals surface area contributed by atoms with Crippen LogP contribution in [0.4, 0.5) is 10.2 Å². The Morgan fingerprint density at radius 3 is 2.61 bits per heavy atom. The molecule has 0 aliphatic carbocycles. The van der Waals surface area contributed by atoms with Gasteiger partial charge in [-0.2, -0.15) is 0 Å². The molecule has 2 heterocycles. The number of carbonyl (C=O) groups is 1. The molecule has 0 aliphatic heterocycles. The van der Waals surface area contributed by atoms with Gasteiger partial charge < -0.3 is 10.1 Å². The number of hydrogen-bond acceptors (Lipinski definition) is 6. The van der Waals surface area contributed by atoms with Gasteiger partial charge in [-0.1, -0.05) is 13.0 Å². The largest absolute Gasteiger partial charge is 0.494 e. The van der Waals surface area contributed by atoms with E-state index in [4.69, 9.17) is 9.72 Å². The van der Waals surface area contributed by atoms with Crippen molar-refractivity contribution in [2.45, 2.75) is 13.3 Å². The number of pyridine rings is 1. The van der Waals surface area contributed by atoms with E-state index in [2.05, 4.69) is 15.3 Å². The van der Waals surface area contributed by atoms with E-state index in [1.165, 1.54) is 6.07 Å². The Labute approximate surface area is 179 Å². The lowest BCUT2D eigenvalue weighted by Gasteiger charge is -2.14. The normalized spacial score (nSPS) is 10.8. The summed E-state index contributed by atoms with van der Waals surface area (Å²) in [5, 5.41) is 3.86. The van der Waals surface area contributed by atoms with Crippen molar-refractivity contribution in [1.29, 1.82) is 0 Å². The third-order valence-electron chi connectivity index (χ3n) is 5.06. The molecule has 1 N–H and O–H groups in total. The second-order valence-electron chi connectivity index (χ2n) is 6.93. The molecular weight excluding hydrogens is 395 g/mol. The molecule has 0 saturated heterocycles. The number of nitrogens with one attached hydrogen (secondary N) is 1. The number of Topliss-reactive ketones (excluding diaryl/α,β-unsaturated/α-hetero) is 1. The van der Waals surface area contributed by atoms with Crippen molar-refractivity contribution in [3.05, 3.63) is 66.2 Å². The van der Waals surface area contributed by atoms with Crippen LogP contribution in [0.1, 0.15) is 23.7 Å². The third-order valence-corrected chi connectivity index (χ3v) is 5.06. The van der Waals surface area contributed by atoms with Gasteiger partial charge in [0.15, 0.2) is 11.6 Å². The summed E-state index contributed by atoms with van der Waals surface area (Å²) in [4.78, 5) is 25.6. The maximum Gasteiger partial charge on any atom is 0.165 e. The third kappa shape index (κ3) is 3.82. The Hall–Kier alpha value is -3.87. The van der Waals surface area contributed by atoms with Crippen LogP contribution < -0.4 is 10.1 Å². The molecule has 4 rings (SSSR count). The summed E-state index contributed by atoms with van der Waals surface area (Å²) in [5.74, 6) is 0.921. The van der Waals surface area contributed by atoms with E-state index in [1.807, 2.05) is 24.3 Å². The standard InChI is InChI=1S/C24H21FN4O2/c1-4-20(30)17-10-14(7-8-19(17)25)16-11-18-22(21(12-16)31-3)28-23(29-24(18)26-2)15-6-5-9-27-13-15/h5-13H,4H2,1-3H3,(H,26,28,29). The van der Waals surface area contributed by atoms with Crippen LogP contribution in [0, 0.1) is 5.82 Å². The molecular formula is C24H21FN4O2. The highest BCUT2D eigenvalue weighted by molar-refractivity contribution is 6.00. The first-order chi connectivity index (χ1) is 15.0. The van der Waals surface area contributed by atoms with Crippen LogP contribution in [0.2, 0.25) is 0 Å². The molecule has 0 fully saturated rings. The van der Waals surface area contributed by atoms with Crippen LogP contribution in [0.3, 0.4) is 0 Å². The van der Waals surface area contributed by atoms with E-state index in [9.17, 15) is 9.18 Å². The fourth-order valence-electron chi connectivity index (χ4n) is 3.45. The Kier molecular flexibility index (Phi) is 5.58. The summed E-state index contributed by atoms with van der Waals surface area (Å²) in [6.45, 7) is 1.71. The van der Waals surface area contributed by atoms with Crippen molar-refractivity contribution in [1.82, 2.24) is 15.0 Å². The van der Waals surface area contributed by atoms with Crippen molar-refractivity contribution in [3.8, 4) is 28.3 Å². The highest BCUT2D eigenvalue weighted by Gasteiger charge is 2.17. The number of methoxy groups -OCH3 is 1. The number of benzene rings is 2. The Morgan fingerprint density at radius 2 is 1.94 bits per heavy atom. The Bertz CT molecular complexity index is 1280. The topological polar surface area (TPSA) is 77.0 Å². The highest BCUT2D eigenvalue weighted by Crippen LogP contribution is 2.36. The second-order valence-corrected chi connectivity index (χ2v) is 6.93. The zero-order chi connectivity index (χ0) is 22.0. The molecule has 0 amide bonds. The minimum atomic E-state index is -0.524. The van der Waals surface area contributed by atoms with Crippen LogP contribution in [-0.2, 0) is 0 Å². The fraction of sp³-hybridized carbons (Fsp3) is 0.167. The van der Waals surface area contributed by atoms with Crippen LogP contribution in [-0.4, -0.2) is 34.9 Å². The van der Waals surface area contributed by atoms with Gasteiger partial charge in [0, 0.05) is 36.8 Å². The average Bonchev–Trinajstić information content (AvgIpc) is 2.82. The van der Waals surface area contributed by atoms with Gasteiger partial charge in [0.25, 0.3) is 0 Å². The predicted molar refractivity (Wildman–Crippen MR) is 119 cm³/mol. The van der Waals surface area contributed by atoms with Gasteiger partial charge >= 0.3 is 0 Å². The van der Waals surface area contributed by atoms with Crippen molar-refractivity contribution < 1.29 is 13.9 Å². The van der Waals surface area contributed by atoms with Gasteiger partial charge in [0.1, 0.15) is 22.9 Å². The van der Waals surface area contributed by atoms with E-state index in [0.717, 1.165) is 16.5 Å². The van der Waals surface area contributed by atoms with E-state index in [0.29, 0.717) is 28.5 Å². The summed E-state index contributed by atoms with van der Waals surface area (Å²) < 4.78 is 19.8. The minimum Gasteiger partial charge on any atom is -0.494 e. The summed E-state index contributed by atoms with van der Waals surface area (Å²) in [7, 11) is 3.35. The van der Waals surface area contributed by atoms with E-state index in [-0.39, 0.29) is 17.8 Å². The Morgan fingerprint density at radius 1 is 1.10 bits per heavy atom. The average molecular weight is 416 g/mol. The van der Waals surface area contributed by atoms with Crippen molar-refractivity contribution >= 4 is 22.5 Å². The number of ether oxygens (including phenoxy) is 1. The molecule has 31 heavy (non-hydrogen) atoms. The molecule has 156 valence electrons. The first-order valence-corrected chi connectivity index (χ1v) is 9.86. The molecule has 0 radical (unpaired) electrons. The number of anilines is 1. The number of carbonyl (C=O) groups excluding carboxylic acids is 1. The predicted octanol–water partition coefficient (Wildman–Crippen LogP) is 5.14. The van der Waals surface area contributed by atoms with Gasteiger partial charge in [-0.25, -0.2) is 14.4 Å².